The molecule has 0 radical (unpaired) electrons. The average Bonchev–Trinajstić information content (AvgIpc) is 2.69. The lowest BCUT2D eigenvalue weighted by Crippen LogP contribution is -2.32. The topological polar surface area (TPSA) is 49.4 Å². The molecule has 1 heterocycles. The van der Waals surface area contributed by atoms with Gasteiger partial charge in [0.2, 0.25) is 11.8 Å². The maximum absolute atomic E-state index is 12.0. The van der Waals surface area contributed by atoms with Crippen molar-refractivity contribution in [2.24, 2.45) is 5.92 Å². The number of benzene rings is 1. The monoisotopic (exact) mass is 246 g/mol. The van der Waals surface area contributed by atoms with Crippen LogP contribution in [0.3, 0.4) is 0 Å². The Labute approximate surface area is 107 Å². The van der Waals surface area contributed by atoms with Crippen LogP contribution in [0.15, 0.2) is 18.2 Å². The summed E-state index contributed by atoms with van der Waals surface area (Å²) in [5, 5.41) is 2.76. The van der Waals surface area contributed by atoms with Crippen LogP contribution in [0, 0.1) is 5.92 Å². The minimum atomic E-state index is -0.0805. The summed E-state index contributed by atoms with van der Waals surface area (Å²) >= 11 is 0. The molecule has 18 heavy (non-hydrogen) atoms. The van der Waals surface area contributed by atoms with Crippen molar-refractivity contribution in [3.05, 3.63) is 23.8 Å². The van der Waals surface area contributed by atoms with Crippen LogP contribution in [-0.2, 0) is 16.0 Å². The number of carbonyl (C=O) groups is 2. The Bertz CT molecular complexity index is 495. The third-order valence-corrected chi connectivity index (χ3v) is 3.06. The normalized spacial score (nSPS) is 13.7. The van der Waals surface area contributed by atoms with Crippen molar-refractivity contribution in [3.8, 4) is 0 Å². The lowest BCUT2D eigenvalue weighted by molar-refractivity contribution is -0.121. The number of hydrogen-bond acceptors (Lipinski definition) is 2. The minimum absolute atomic E-state index is 0.00553. The van der Waals surface area contributed by atoms with Crippen molar-refractivity contribution in [1.29, 1.82) is 0 Å². The Balaban J connectivity index is 2.25. The second kappa shape index (κ2) is 4.80. The number of anilines is 2. The Morgan fingerprint density at radius 1 is 1.33 bits per heavy atom. The van der Waals surface area contributed by atoms with Crippen LogP contribution >= 0.6 is 0 Å². The summed E-state index contributed by atoms with van der Waals surface area (Å²) in [4.78, 5) is 24.9. The summed E-state index contributed by atoms with van der Waals surface area (Å²) in [6.07, 6.45) is 0.848. The van der Waals surface area contributed by atoms with Crippen LogP contribution in [-0.4, -0.2) is 18.4 Å². The molecule has 0 bridgehead atoms. The molecule has 0 atom stereocenters. The number of carbonyl (C=O) groups excluding carboxylic acids is 2. The molecule has 4 nitrogen and oxygen atoms in total. The largest absolute Gasteiger partial charge is 0.326 e. The van der Waals surface area contributed by atoms with Crippen LogP contribution in [0.5, 0.6) is 0 Å². The number of amides is 2. The van der Waals surface area contributed by atoms with Crippen molar-refractivity contribution >= 4 is 23.2 Å². The van der Waals surface area contributed by atoms with Gasteiger partial charge < -0.3 is 10.2 Å². The molecular formula is C14H18N2O2. The molecule has 1 aromatic rings. The number of fused-ring (bicyclic) bond motifs is 1. The van der Waals surface area contributed by atoms with Crippen molar-refractivity contribution in [2.45, 2.75) is 27.2 Å². The maximum Gasteiger partial charge on any atom is 0.229 e. The molecule has 2 amide bonds. The molecule has 0 saturated heterocycles. The van der Waals surface area contributed by atoms with Gasteiger partial charge in [0.05, 0.1) is 0 Å². The van der Waals surface area contributed by atoms with Gasteiger partial charge in [0.25, 0.3) is 0 Å². The van der Waals surface area contributed by atoms with Crippen LogP contribution in [0.1, 0.15) is 26.3 Å². The molecule has 96 valence electrons. The van der Waals surface area contributed by atoms with Gasteiger partial charge in [0, 0.05) is 30.8 Å². The molecule has 1 N–H and O–H groups in total. The lowest BCUT2D eigenvalue weighted by atomic mass is 10.1. The molecule has 0 unspecified atom stereocenters. The molecular weight excluding hydrogens is 228 g/mol. The van der Waals surface area contributed by atoms with Crippen LogP contribution in [0.2, 0.25) is 0 Å². The highest BCUT2D eigenvalue weighted by molar-refractivity contribution is 5.97. The summed E-state index contributed by atoms with van der Waals surface area (Å²) in [6, 6.07) is 5.70. The fourth-order valence-corrected chi connectivity index (χ4v) is 2.22. The second-order valence-electron chi connectivity index (χ2n) is 4.92. The molecule has 2 rings (SSSR count). The predicted molar refractivity (Wildman–Crippen MR) is 71.6 cm³/mol. The third-order valence-electron chi connectivity index (χ3n) is 3.06. The molecule has 0 spiro atoms. The zero-order chi connectivity index (χ0) is 13.3. The zero-order valence-electron chi connectivity index (χ0n) is 11.0. The van der Waals surface area contributed by atoms with E-state index in [4.69, 9.17) is 0 Å². The van der Waals surface area contributed by atoms with Gasteiger partial charge in [0.15, 0.2) is 0 Å². The molecule has 1 aromatic carbocycles. The smallest absolute Gasteiger partial charge is 0.229 e. The molecule has 1 aliphatic heterocycles. The van der Waals surface area contributed by atoms with E-state index in [0.29, 0.717) is 0 Å². The first kappa shape index (κ1) is 12.6. The molecule has 0 aliphatic carbocycles. The number of hydrogen-bond donors (Lipinski definition) is 1. The van der Waals surface area contributed by atoms with E-state index in [2.05, 4.69) is 5.32 Å². The fourth-order valence-electron chi connectivity index (χ4n) is 2.22. The van der Waals surface area contributed by atoms with Gasteiger partial charge in [-0.25, -0.2) is 0 Å². The first-order chi connectivity index (χ1) is 8.49. The van der Waals surface area contributed by atoms with Crippen molar-refractivity contribution in [2.75, 3.05) is 16.8 Å². The minimum Gasteiger partial charge on any atom is -0.326 e. The SMILES string of the molecule is CC(=O)Nc1ccc2c(c1)CCN2C(=O)C(C)C. The van der Waals surface area contributed by atoms with E-state index in [-0.39, 0.29) is 17.7 Å². The Morgan fingerprint density at radius 3 is 2.67 bits per heavy atom. The maximum atomic E-state index is 12.0. The summed E-state index contributed by atoms with van der Waals surface area (Å²) in [5.74, 6) is 0.0788. The fraction of sp³-hybridized carbons (Fsp3) is 0.429. The quantitative estimate of drug-likeness (QED) is 0.869. The van der Waals surface area contributed by atoms with Crippen LogP contribution < -0.4 is 10.2 Å². The molecule has 1 aliphatic rings. The highest BCUT2D eigenvalue weighted by Crippen LogP contribution is 2.31. The molecule has 0 saturated carbocycles. The summed E-state index contributed by atoms with van der Waals surface area (Å²) in [5.41, 5.74) is 2.89. The molecule has 0 fully saturated rings. The third kappa shape index (κ3) is 2.37. The Kier molecular flexibility index (Phi) is 3.36. The second-order valence-corrected chi connectivity index (χ2v) is 4.92. The molecule has 0 aromatic heterocycles. The van der Waals surface area contributed by atoms with Crippen molar-refractivity contribution < 1.29 is 9.59 Å². The van der Waals surface area contributed by atoms with E-state index < -0.39 is 0 Å². The van der Waals surface area contributed by atoms with Gasteiger partial charge in [-0.1, -0.05) is 13.8 Å². The first-order valence-electron chi connectivity index (χ1n) is 6.21. The number of nitrogens with zero attached hydrogens (tertiary/aromatic N) is 1. The first-order valence-corrected chi connectivity index (χ1v) is 6.21. The molecule has 4 heteroatoms. The highest BCUT2D eigenvalue weighted by atomic mass is 16.2. The summed E-state index contributed by atoms with van der Waals surface area (Å²) < 4.78 is 0. The van der Waals surface area contributed by atoms with Crippen LogP contribution in [0.25, 0.3) is 0 Å². The Hall–Kier alpha value is -1.84. The lowest BCUT2D eigenvalue weighted by Gasteiger charge is -2.19. The zero-order valence-corrected chi connectivity index (χ0v) is 11.0. The average molecular weight is 246 g/mol. The standard InChI is InChI=1S/C14H18N2O2/c1-9(2)14(18)16-7-6-11-8-12(15-10(3)17)4-5-13(11)16/h4-5,8-9H,6-7H2,1-3H3,(H,15,17). The van der Waals surface area contributed by atoms with Gasteiger partial charge in [-0.2, -0.15) is 0 Å². The van der Waals surface area contributed by atoms with E-state index in [9.17, 15) is 9.59 Å². The van der Waals surface area contributed by atoms with Gasteiger partial charge in [0.1, 0.15) is 0 Å². The van der Waals surface area contributed by atoms with E-state index >= 15 is 0 Å². The van der Waals surface area contributed by atoms with Gasteiger partial charge >= 0.3 is 0 Å². The van der Waals surface area contributed by atoms with Gasteiger partial charge in [-0.05, 0) is 30.2 Å². The highest BCUT2D eigenvalue weighted by Gasteiger charge is 2.26. The van der Waals surface area contributed by atoms with Crippen LogP contribution in [0.4, 0.5) is 11.4 Å². The Morgan fingerprint density at radius 2 is 2.06 bits per heavy atom. The van der Waals surface area contributed by atoms with E-state index in [1.54, 1.807) is 0 Å². The van der Waals surface area contributed by atoms with Crippen molar-refractivity contribution in [1.82, 2.24) is 0 Å². The van der Waals surface area contributed by atoms with Gasteiger partial charge in [-0.15, -0.1) is 0 Å². The van der Waals surface area contributed by atoms with E-state index in [1.165, 1.54) is 6.92 Å². The summed E-state index contributed by atoms with van der Waals surface area (Å²) in [7, 11) is 0. The van der Waals surface area contributed by atoms with E-state index in [0.717, 1.165) is 29.9 Å². The number of nitrogens with one attached hydrogen (secondary N) is 1. The van der Waals surface area contributed by atoms with E-state index in [1.807, 2.05) is 36.9 Å². The van der Waals surface area contributed by atoms with Gasteiger partial charge in [-0.3, -0.25) is 9.59 Å². The van der Waals surface area contributed by atoms with Crippen molar-refractivity contribution in [3.63, 3.8) is 0 Å². The summed E-state index contributed by atoms with van der Waals surface area (Å²) in [6.45, 7) is 6.04. The predicted octanol–water partition coefficient (Wildman–Crippen LogP) is 2.19. The number of rotatable bonds is 2.